The van der Waals surface area contributed by atoms with Gasteiger partial charge in [0.05, 0.1) is 18.9 Å². The average Bonchev–Trinajstić information content (AvgIpc) is 2.89. The standard InChI is InChI=1S/C12H21N3O2/c1-14(6-10-5-13-15(2)7-10)8-12(16)11-3-4-17-9-11/h5,7,11-12,16H,3-4,6,8-9H2,1-2H3. The molecule has 0 bridgehead atoms. The number of hydrogen-bond acceptors (Lipinski definition) is 4. The van der Waals surface area contributed by atoms with Gasteiger partial charge in [0.2, 0.25) is 0 Å². The summed E-state index contributed by atoms with van der Waals surface area (Å²) in [6.07, 6.45) is 4.55. The Morgan fingerprint density at radius 2 is 2.53 bits per heavy atom. The molecule has 2 unspecified atom stereocenters. The normalized spacial score (nSPS) is 22.2. The second-order valence-electron chi connectivity index (χ2n) is 4.91. The first-order valence-corrected chi connectivity index (χ1v) is 6.07. The molecule has 1 aromatic heterocycles. The second-order valence-corrected chi connectivity index (χ2v) is 4.91. The van der Waals surface area contributed by atoms with Crippen molar-refractivity contribution in [3.63, 3.8) is 0 Å². The van der Waals surface area contributed by atoms with Crippen LogP contribution in [-0.4, -0.2) is 52.7 Å². The number of rotatable bonds is 5. The van der Waals surface area contributed by atoms with E-state index in [-0.39, 0.29) is 6.10 Å². The number of hydrogen-bond donors (Lipinski definition) is 1. The van der Waals surface area contributed by atoms with E-state index >= 15 is 0 Å². The minimum Gasteiger partial charge on any atom is -0.391 e. The highest BCUT2D eigenvalue weighted by Crippen LogP contribution is 2.17. The molecule has 0 saturated carbocycles. The van der Waals surface area contributed by atoms with E-state index in [2.05, 4.69) is 10.00 Å². The molecule has 1 N–H and O–H groups in total. The summed E-state index contributed by atoms with van der Waals surface area (Å²) in [5.74, 6) is 0.298. The Hall–Kier alpha value is -0.910. The van der Waals surface area contributed by atoms with E-state index in [4.69, 9.17) is 4.74 Å². The fourth-order valence-corrected chi connectivity index (χ4v) is 2.25. The van der Waals surface area contributed by atoms with Gasteiger partial charge in [0.25, 0.3) is 0 Å². The number of likely N-dealkylation sites (N-methyl/N-ethyl adjacent to an activating group) is 1. The van der Waals surface area contributed by atoms with Gasteiger partial charge in [0.1, 0.15) is 0 Å². The molecule has 2 atom stereocenters. The third-order valence-corrected chi connectivity index (χ3v) is 3.22. The topological polar surface area (TPSA) is 50.5 Å². The van der Waals surface area contributed by atoms with Crippen LogP contribution in [0.1, 0.15) is 12.0 Å². The van der Waals surface area contributed by atoms with Gasteiger partial charge in [-0.2, -0.15) is 5.10 Å². The fraction of sp³-hybridized carbons (Fsp3) is 0.750. The van der Waals surface area contributed by atoms with Crippen molar-refractivity contribution in [3.05, 3.63) is 18.0 Å². The SMILES string of the molecule is CN(Cc1cnn(C)c1)CC(O)C1CCOC1. The van der Waals surface area contributed by atoms with Crippen molar-refractivity contribution in [1.29, 1.82) is 0 Å². The molecule has 1 aliphatic rings. The van der Waals surface area contributed by atoms with Crippen LogP contribution < -0.4 is 0 Å². The highest BCUT2D eigenvalue weighted by molar-refractivity contribution is 5.03. The van der Waals surface area contributed by atoms with Gasteiger partial charge < -0.3 is 9.84 Å². The molecule has 0 aliphatic carbocycles. The van der Waals surface area contributed by atoms with Crippen LogP contribution in [0.15, 0.2) is 12.4 Å². The first-order valence-electron chi connectivity index (χ1n) is 6.07. The Bertz CT molecular complexity index is 347. The van der Waals surface area contributed by atoms with Crippen LogP contribution in [0.5, 0.6) is 0 Å². The van der Waals surface area contributed by atoms with E-state index in [9.17, 15) is 5.11 Å². The highest BCUT2D eigenvalue weighted by Gasteiger charge is 2.24. The van der Waals surface area contributed by atoms with Gasteiger partial charge in [0.15, 0.2) is 0 Å². The quantitative estimate of drug-likeness (QED) is 0.800. The van der Waals surface area contributed by atoms with Gasteiger partial charge >= 0.3 is 0 Å². The lowest BCUT2D eigenvalue weighted by molar-refractivity contribution is 0.0615. The van der Waals surface area contributed by atoms with Crippen molar-refractivity contribution in [1.82, 2.24) is 14.7 Å². The van der Waals surface area contributed by atoms with E-state index < -0.39 is 0 Å². The van der Waals surface area contributed by atoms with Gasteiger partial charge in [-0.15, -0.1) is 0 Å². The summed E-state index contributed by atoms with van der Waals surface area (Å²) in [6.45, 7) is 2.98. The minimum absolute atomic E-state index is 0.292. The third kappa shape index (κ3) is 3.52. The first-order chi connectivity index (χ1) is 8.15. The van der Waals surface area contributed by atoms with Crippen molar-refractivity contribution in [3.8, 4) is 0 Å². The number of aryl methyl sites for hydroxylation is 1. The zero-order chi connectivity index (χ0) is 12.3. The summed E-state index contributed by atoms with van der Waals surface area (Å²) in [6, 6.07) is 0. The van der Waals surface area contributed by atoms with E-state index in [1.54, 1.807) is 4.68 Å². The summed E-state index contributed by atoms with van der Waals surface area (Å²) in [5, 5.41) is 14.2. The van der Waals surface area contributed by atoms with Crippen LogP contribution in [-0.2, 0) is 18.3 Å². The second kappa shape index (κ2) is 5.62. The largest absolute Gasteiger partial charge is 0.391 e. The molecule has 17 heavy (non-hydrogen) atoms. The monoisotopic (exact) mass is 239 g/mol. The lowest BCUT2D eigenvalue weighted by Crippen LogP contribution is -2.34. The maximum absolute atomic E-state index is 10.1. The molecular weight excluding hydrogens is 218 g/mol. The van der Waals surface area contributed by atoms with Crippen LogP contribution in [0, 0.1) is 5.92 Å². The number of aliphatic hydroxyl groups is 1. The minimum atomic E-state index is -0.292. The summed E-state index contributed by atoms with van der Waals surface area (Å²) in [5.41, 5.74) is 1.17. The number of nitrogens with zero attached hydrogens (tertiary/aromatic N) is 3. The Labute approximate surface area is 102 Å². The molecule has 5 nitrogen and oxygen atoms in total. The molecule has 1 aromatic rings. The summed E-state index contributed by atoms with van der Waals surface area (Å²) < 4.78 is 7.09. The van der Waals surface area contributed by atoms with Gasteiger partial charge in [0, 0.05) is 44.4 Å². The molecule has 0 amide bonds. The van der Waals surface area contributed by atoms with Crippen LogP contribution in [0.2, 0.25) is 0 Å². The van der Waals surface area contributed by atoms with Gasteiger partial charge in [-0.3, -0.25) is 9.58 Å². The molecule has 96 valence electrons. The molecule has 2 heterocycles. The lowest BCUT2D eigenvalue weighted by atomic mass is 10.0. The molecule has 2 rings (SSSR count). The first kappa shape index (κ1) is 12.5. The third-order valence-electron chi connectivity index (χ3n) is 3.22. The molecule has 1 aliphatic heterocycles. The summed E-state index contributed by atoms with van der Waals surface area (Å²) >= 11 is 0. The van der Waals surface area contributed by atoms with Crippen LogP contribution in [0.4, 0.5) is 0 Å². The van der Waals surface area contributed by atoms with Crippen molar-refractivity contribution in [2.75, 3.05) is 26.8 Å². The van der Waals surface area contributed by atoms with E-state index in [1.807, 2.05) is 26.5 Å². The van der Waals surface area contributed by atoms with Crippen molar-refractivity contribution in [2.45, 2.75) is 19.1 Å². The molecule has 1 saturated heterocycles. The number of aromatic nitrogens is 2. The van der Waals surface area contributed by atoms with E-state index in [0.29, 0.717) is 19.1 Å². The fourth-order valence-electron chi connectivity index (χ4n) is 2.25. The predicted molar refractivity (Wildman–Crippen MR) is 64.5 cm³/mol. The summed E-state index contributed by atoms with van der Waals surface area (Å²) in [4.78, 5) is 2.12. The molecule has 0 radical (unpaired) electrons. The zero-order valence-corrected chi connectivity index (χ0v) is 10.5. The smallest absolute Gasteiger partial charge is 0.0718 e. The van der Waals surface area contributed by atoms with Crippen molar-refractivity contribution in [2.24, 2.45) is 13.0 Å². The van der Waals surface area contributed by atoms with Crippen LogP contribution >= 0.6 is 0 Å². The highest BCUT2D eigenvalue weighted by atomic mass is 16.5. The number of ether oxygens (including phenoxy) is 1. The zero-order valence-electron chi connectivity index (χ0n) is 10.5. The average molecular weight is 239 g/mol. The molecule has 1 fully saturated rings. The van der Waals surface area contributed by atoms with Gasteiger partial charge in [-0.05, 0) is 13.5 Å². The molecule has 0 spiro atoms. The Balaban J connectivity index is 1.78. The molecule has 5 heteroatoms. The van der Waals surface area contributed by atoms with Crippen LogP contribution in [0.25, 0.3) is 0 Å². The van der Waals surface area contributed by atoms with Gasteiger partial charge in [-0.1, -0.05) is 0 Å². The van der Waals surface area contributed by atoms with Gasteiger partial charge in [-0.25, -0.2) is 0 Å². The number of aliphatic hydroxyl groups excluding tert-OH is 1. The Morgan fingerprint density at radius 1 is 1.71 bits per heavy atom. The van der Waals surface area contributed by atoms with Crippen LogP contribution in [0.3, 0.4) is 0 Å². The van der Waals surface area contributed by atoms with E-state index in [1.165, 1.54) is 5.56 Å². The molecular formula is C12H21N3O2. The van der Waals surface area contributed by atoms with Crippen molar-refractivity contribution < 1.29 is 9.84 Å². The maximum Gasteiger partial charge on any atom is 0.0718 e. The predicted octanol–water partition coefficient (Wildman–Crippen LogP) is 0.249. The van der Waals surface area contributed by atoms with E-state index in [0.717, 1.165) is 19.6 Å². The summed E-state index contributed by atoms with van der Waals surface area (Å²) in [7, 11) is 3.93. The molecule has 0 aromatic carbocycles. The Morgan fingerprint density at radius 3 is 3.12 bits per heavy atom. The van der Waals surface area contributed by atoms with Crippen molar-refractivity contribution >= 4 is 0 Å². The maximum atomic E-state index is 10.1. The lowest BCUT2D eigenvalue weighted by Gasteiger charge is -2.23. The Kier molecular flexibility index (Phi) is 4.15.